The molecule has 80 valence electrons. The lowest BCUT2D eigenvalue weighted by Crippen LogP contribution is -2.54. The van der Waals surface area contributed by atoms with Gasteiger partial charge in [0.05, 0.1) is 5.97 Å². The van der Waals surface area contributed by atoms with Crippen molar-refractivity contribution in [3.05, 3.63) is 0 Å². The summed E-state index contributed by atoms with van der Waals surface area (Å²) in [6.07, 6.45) is -0.957. The minimum atomic E-state index is -1.49. The van der Waals surface area contributed by atoms with E-state index in [0.29, 0.717) is 0 Å². The third-order valence-corrected chi connectivity index (χ3v) is 1.43. The lowest BCUT2D eigenvalue weighted by atomic mass is 10.2. The summed E-state index contributed by atoms with van der Waals surface area (Å²) in [4.78, 5) is 31.7. The Bertz CT molecular complexity index is 250. The minimum Gasteiger partial charge on any atom is -0.548 e. The second-order valence-corrected chi connectivity index (χ2v) is 2.81. The summed E-state index contributed by atoms with van der Waals surface area (Å²) in [7, 11) is 0. The number of carbonyl (C=O) groups excluding carboxylic acids is 3. The lowest BCUT2D eigenvalue weighted by molar-refractivity contribution is -0.310. The normalized spacial score (nSPS) is 13.9. The fourth-order valence-electron chi connectivity index (χ4n) is 0.917. The Balaban J connectivity index is 4.40. The van der Waals surface area contributed by atoms with Crippen LogP contribution in [0.15, 0.2) is 0 Å². The molecule has 2 atom stereocenters. The van der Waals surface area contributed by atoms with Crippen molar-refractivity contribution in [3.63, 3.8) is 0 Å². The van der Waals surface area contributed by atoms with Crippen molar-refractivity contribution >= 4 is 17.8 Å². The van der Waals surface area contributed by atoms with E-state index >= 15 is 0 Å². The third-order valence-electron chi connectivity index (χ3n) is 1.43. The van der Waals surface area contributed by atoms with Gasteiger partial charge in [-0.05, 0) is 6.92 Å². The first-order chi connectivity index (χ1) is 6.34. The highest BCUT2D eigenvalue weighted by atomic mass is 16.5. The summed E-state index contributed by atoms with van der Waals surface area (Å²) in [6, 6.07) is -1.32. The van der Waals surface area contributed by atoms with Gasteiger partial charge in [0.25, 0.3) is 0 Å². The number of carbonyl (C=O) groups is 3. The summed E-state index contributed by atoms with van der Waals surface area (Å²) < 4.78 is 4.60. The van der Waals surface area contributed by atoms with Crippen molar-refractivity contribution in [2.75, 3.05) is 0 Å². The van der Waals surface area contributed by atoms with Crippen LogP contribution >= 0.6 is 0 Å². The smallest absolute Gasteiger partial charge is 0.302 e. The predicted molar refractivity (Wildman–Crippen MR) is 43.8 cm³/mol. The molecule has 0 saturated carbocycles. The Kier molecular flexibility index (Phi) is 4.62. The van der Waals surface area contributed by atoms with Gasteiger partial charge >= 0.3 is 5.97 Å². The number of amides is 1. The third kappa shape index (κ3) is 4.44. The van der Waals surface area contributed by atoms with Gasteiger partial charge in [-0.1, -0.05) is 0 Å². The molecule has 0 aliphatic rings. The largest absolute Gasteiger partial charge is 0.548 e. The first-order valence-corrected chi connectivity index (χ1v) is 3.99. The summed E-state index contributed by atoms with van der Waals surface area (Å²) in [6.45, 7) is 3.67. The van der Waals surface area contributed by atoms with Crippen molar-refractivity contribution in [1.82, 2.24) is 5.32 Å². The average Bonchev–Trinajstić information content (AvgIpc) is 1.97. The van der Waals surface area contributed by atoms with Crippen LogP contribution in [0.5, 0.6) is 0 Å². The number of carboxylic acid groups (broad SMARTS) is 1. The number of carboxylic acids is 1. The van der Waals surface area contributed by atoms with Crippen LogP contribution in [0.2, 0.25) is 0 Å². The maximum atomic E-state index is 10.6. The Labute approximate surface area is 81.2 Å². The van der Waals surface area contributed by atoms with Crippen LogP contribution in [-0.4, -0.2) is 30.0 Å². The highest BCUT2D eigenvalue weighted by molar-refractivity contribution is 5.81. The maximum Gasteiger partial charge on any atom is 0.302 e. The van der Waals surface area contributed by atoms with E-state index in [1.807, 2.05) is 0 Å². The van der Waals surface area contributed by atoms with Gasteiger partial charge in [-0.25, -0.2) is 0 Å². The van der Waals surface area contributed by atoms with Gasteiger partial charge in [0, 0.05) is 13.8 Å². The Hall–Kier alpha value is -1.59. The molecule has 1 amide bonds. The Morgan fingerprint density at radius 3 is 2.07 bits per heavy atom. The molecular formula is C8H12NO5-. The second kappa shape index (κ2) is 5.21. The molecule has 6 nitrogen and oxygen atoms in total. The van der Waals surface area contributed by atoms with Crippen LogP contribution in [0.4, 0.5) is 0 Å². The van der Waals surface area contributed by atoms with Gasteiger partial charge in [0.2, 0.25) is 5.91 Å². The Morgan fingerprint density at radius 2 is 1.79 bits per heavy atom. The zero-order valence-corrected chi connectivity index (χ0v) is 8.20. The van der Waals surface area contributed by atoms with E-state index in [2.05, 4.69) is 10.1 Å². The number of ether oxygens (including phenoxy) is 1. The molecule has 6 heteroatoms. The topological polar surface area (TPSA) is 95.5 Å². The number of rotatable bonds is 4. The van der Waals surface area contributed by atoms with Gasteiger partial charge in [-0.3, -0.25) is 9.59 Å². The van der Waals surface area contributed by atoms with Crippen molar-refractivity contribution in [2.24, 2.45) is 0 Å². The fraction of sp³-hybridized carbons (Fsp3) is 0.625. The zero-order chi connectivity index (χ0) is 11.3. The van der Waals surface area contributed by atoms with E-state index in [1.165, 1.54) is 6.92 Å². The van der Waals surface area contributed by atoms with Crippen LogP contribution < -0.4 is 10.4 Å². The summed E-state index contributed by atoms with van der Waals surface area (Å²) in [5, 5.41) is 12.6. The average molecular weight is 202 g/mol. The minimum absolute atomic E-state index is 0.529. The fourth-order valence-corrected chi connectivity index (χ4v) is 0.917. The molecule has 0 fully saturated rings. The molecular weight excluding hydrogens is 190 g/mol. The molecule has 0 unspecified atom stereocenters. The van der Waals surface area contributed by atoms with Gasteiger partial charge in [0.15, 0.2) is 0 Å². The van der Waals surface area contributed by atoms with Crippen molar-refractivity contribution in [2.45, 2.75) is 32.9 Å². The van der Waals surface area contributed by atoms with Crippen molar-refractivity contribution in [3.8, 4) is 0 Å². The maximum absolute atomic E-state index is 10.6. The monoisotopic (exact) mass is 202 g/mol. The lowest BCUT2D eigenvalue weighted by Gasteiger charge is -2.24. The predicted octanol–water partition coefficient (Wildman–Crippen LogP) is -1.81. The molecule has 0 saturated heterocycles. The molecule has 1 N–H and O–H groups in total. The van der Waals surface area contributed by atoms with Crippen LogP contribution in [0.25, 0.3) is 0 Å². The second-order valence-electron chi connectivity index (χ2n) is 2.81. The van der Waals surface area contributed by atoms with Crippen LogP contribution in [0.3, 0.4) is 0 Å². The first kappa shape index (κ1) is 12.4. The molecule has 0 aromatic carbocycles. The number of hydrogen-bond donors (Lipinski definition) is 1. The van der Waals surface area contributed by atoms with Gasteiger partial charge in [-0.15, -0.1) is 0 Å². The molecule has 0 bridgehead atoms. The first-order valence-electron chi connectivity index (χ1n) is 3.99. The SMILES string of the molecule is CC(=O)N[C@H](C(=O)[O-])[C@@H](C)OC(C)=O. The van der Waals surface area contributed by atoms with Crippen LogP contribution in [0, 0.1) is 0 Å². The van der Waals surface area contributed by atoms with Crippen LogP contribution in [0.1, 0.15) is 20.8 Å². The van der Waals surface area contributed by atoms with Crippen molar-refractivity contribution < 1.29 is 24.2 Å². The van der Waals surface area contributed by atoms with E-state index in [1.54, 1.807) is 0 Å². The van der Waals surface area contributed by atoms with Crippen LogP contribution in [-0.2, 0) is 19.1 Å². The molecule has 0 aliphatic heterocycles. The highest BCUT2D eigenvalue weighted by Gasteiger charge is 2.21. The molecule has 14 heavy (non-hydrogen) atoms. The van der Waals surface area contributed by atoms with Gasteiger partial charge < -0.3 is 20.0 Å². The van der Waals surface area contributed by atoms with Gasteiger partial charge in [-0.2, -0.15) is 0 Å². The number of aliphatic carboxylic acids is 1. The molecule has 0 rings (SSSR count). The summed E-state index contributed by atoms with van der Waals surface area (Å²) in [5.41, 5.74) is 0. The van der Waals surface area contributed by atoms with E-state index in [4.69, 9.17) is 0 Å². The molecule has 0 heterocycles. The van der Waals surface area contributed by atoms with E-state index in [-0.39, 0.29) is 0 Å². The van der Waals surface area contributed by atoms with E-state index in [0.717, 1.165) is 13.8 Å². The summed E-state index contributed by atoms with van der Waals surface area (Å²) >= 11 is 0. The van der Waals surface area contributed by atoms with Gasteiger partial charge in [0.1, 0.15) is 12.1 Å². The molecule has 0 radical (unpaired) electrons. The number of hydrogen-bond acceptors (Lipinski definition) is 5. The quantitative estimate of drug-likeness (QED) is 0.542. The number of esters is 1. The summed E-state index contributed by atoms with van der Waals surface area (Å²) in [5.74, 6) is -2.64. The molecule has 0 aromatic rings. The molecule has 0 aliphatic carbocycles. The molecule has 0 aromatic heterocycles. The number of nitrogens with one attached hydrogen (secondary N) is 1. The molecule has 0 spiro atoms. The highest BCUT2D eigenvalue weighted by Crippen LogP contribution is 1.98. The Morgan fingerprint density at radius 1 is 1.29 bits per heavy atom. The zero-order valence-electron chi connectivity index (χ0n) is 8.20. The standard InChI is InChI=1S/C8H13NO5/c1-4(14-6(3)11)7(8(12)13)9-5(2)10/h4,7H,1-3H3,(H,9,10)(H,12,13)/p-1/t4-,7+/m1/s1. The van der Waals surface area contributed by atoms with E-state index in [9.17, 15) is 19.5 Å². The van der Waals surface area contributed by atoms with E-state index < -0.39 is 30.0 Å². The van der Waals surface area contributed by atoms with Crippen molar-refractivity contribution in [1.29, 1.82) is 0 Å².